The lowest BCUT2D eigenvalue weighted by Gasteiger charge is -2.10. The van der Waals surface area contributed by atoms with Gasteiger partial charge in [-0.3, -0.25) is 9.36 Å². The van der Waals surface area contributed by atoms with E-state index in [0.717, 1.165) is 11.8 Å². The van der Waals surface area contributed by atoms with Crippen LogP contribution in [0.2, 0.25) is 0 Å². The van der Waals surface area contributed by atoms with Crippen LogP contribution in [0.4, 0.5) is 4.39 Å². The minimum Gasteiger partial charge on any atom is -0.494 e. The molecule has 1 aromatic heterocycles. The van der Waals surface area contributed by atoms with Gasteiger partial charge >= 0.3 is 5.97 Å². The third kappa shape index (κ3) is 4.07. The first-order chi connectivity index (χ1) is 13.5. The third-order valence-electron chi connectivity index (χ3n) is 3.94. The summed E-state index contributed by atoms with van der Waals surface area (Å²) in [5, 5.41) is 0.613. The van der Waals surface area contributed by atoms with Crippen molar-refractivity contribution in [1.82, 2.24) is 9.55 Å². The van der Waals surface area contributed by atoms with Crippen molar-refractivity contribution in [2.45, 2.75) is 5.16 Å². The monoisotopic (exact) mass is 400 g/mol. The van der Waals surface area contributed by atoms with Crippen molar-refractivity contribution in [1.29, 1.82) is 0 Å². The molecule has 0 saturated carbocycles. The number of nitrogens with zero attached hydrogens (tertiary/aromatic N) is 2. The topological polar surface area (TPSA) is 70.4 Å². The van der Waals surface area contributed by atoms with Crippen LogP contribution in [0.25, 0.3) is 5.69 Å². The molecule has 28 heavy (non-hydrogen) atoms. The highest BCUT2D eigenvalue weighted by Gasteiger charge is 2.20. The molecule has 0 atom stereocenters. The Morgan fingerprint density at radius 2 is 1.93 bits per heavy atom. The number of carbonyl (C=O) groups is 2. The molecule has 0 spiro atoms. The molecule has 0 N–H and O–H groups in total. The molecule has 0 saturated heterocycles. The molecule has 0 radical (unpaired) electrons. The summed E-state index contributed by atoms with van der Waals surface area (Å²) < 4.78 is 25.4. The average Bonchev–Trinajstić information content (AvgIpc) is 3.16. The van der Waals surface area contributed by atoms with Gasteiger partial charge in [-0.1, -0.05) is 30.0 Å². The fraction of sp³-hybridized carbons (Fsp3) is 0.150. The van der Waals surface area contributed by atoms with Gasteiger partial charge in [-0.25, -0.2) is 14.2 Å². The first-order valence-corrected chi connectivity index (χ1v) is 9.48. The van der Waals surface area contributed by atoms with Gasteiger partial charge in [0.25, 0.3) is 0 Å². The van der Waals surface area contributed by atoms with Gasteiger partial charge < -0.3 is 9.47 Å². The van der Waals surface area contributed by atoms with E-state index in [0.29, 0.717) is 5.16 Å². The second kappa shape index (κ2) is 8.71. The number of ketones is 1. The zero-order chi connectivity index (χ0) is 20.1. The molecule has 3 aromatic rings. The Balaban J connectivity index is 1.76. The summed E-state index contributed by atoms with van der Waals surface area (Å²) in [6, 6.07) is 13.0. The van der Waals surface area contributed by atoms with E-state index in [4.69, 9.17) is 9.47 Å². The van der Waals surface area contributed by atoms with Crippen LogP contribution in [0.3, 0.4) is 0 Å². The summed E-state index contributed by atoms with van der Waals surface area (Å²) in [5.41, 5.74) is 1.04. The Labute approximate surface area is 165 Å². The molecule has 1 heterocycles. The second-order valence-electron chi connectivity index (χ2n) is 5.65. The lowest BCUT2D eigenvalue weighted by Crippen LogP contribution is -2.17. The van der Waals surface area contributed by atoms with E-state index in [9.17, 15) is 14.0 Å². The molecule has 0 aliphatic carbocycles. The minimum atomic E-state index is -0.695. The Morgan fingerprint density at radius 3 is 2.57 bits per heavy atom. The number of aromatic nitrogens is 2. The van der Waals surface area contributed by atoms with Gasteiger partial charge in [-0.2, -0.15) is 0 Å². The number of thioether (sulfide) groups is 1. The molecule has 0 aliphatic heterocycles. The van der Waals surface area contributed by atoms with Crippen LogP contribution >= 0.6 is 11.8 Å². The van der Waals surface area contributed by atoms with E-state index in [2.05, 4.69) is 4.98 Å². The van der Waals surface area contributed by atoms with Crippen LogP contribution in [0.1, 0.15) is 20.8 Å². The number of rotatable bonds is 7. The van der Waals surface area contributed by atoms with Crippen molar-refractivity contribution in [3.63, 3.8) is 0 Å². The quantitative estimate of drug-likeness (QED) is 0.342. The smallest absolute Gasteiger partial charge is 0.357 e. The maximum absolute atomic E-state index is 13.8. The van der Waals surface area contributed by atoms with Gasteiger partial charge in [0.2, 0.25) is 0 Å². The number of Topliss-reactive ketones (excluding diaryl/α,β-unsaturated/α-hetero) is 1. The number of benzene rings is 2. The third-order valence-corrected chi connectivity index (χ3v) is 4.60. The first-order valence-electron chi connectivity index (χ1n) is 8.26. The Morgan fingerprint density at radius 1 is 1.18 bits per heavy atom. The standard InChI is InChI=1S/C20H17FN2O4S/c1-26-18-9-8-13(10-15(18)21)17(24)12-27-19(25)16-11-22-20(28-2)23(16)14-6-4-3-5-7-14/h3-11H,12H2,1-2H3. The number of hydrogen-bond acceptors (Lipinski definition) is 6. The van der Waals surface area contributed by atoms with Crippen LogP contribution in [0.15, 0.2) is 59.9 Å². The van der Waals surface area contributed by atoms with Crippen LogP contribution in [0.5, 0.6) is 5.75 Å². The number of carbonyl (C=O) groups excluding carboxylic acids is 2. The summed E-state index contributed by atoms with van der Waals surface area (Å²) >= 11 is 1.38. The fourth-order valence-electron chi connectivity index (χ4n) is 2.58. The van der Waals surface area contributed by atoms with Crippen molar-refractivity contribution in [2.75, 3.05) is 20.0 Å². The highest BCUT2D eigenvalue weighted by molar-refractivity contribution is 7.98. The molecule has 2 aromatic carbocycles. The summed E-state index contributed by atoms with van der Waals surface area (Å²) in [5.74, 6) is -1.85. The minimum absolute atomic E-state index is 0.0323. The van der Waals surface area contributed by atoms with Crippen LogP contribution < -0.4 is 4.74 Å². The lowest BCUT2D eigenvalue weighted by atomic mass is 10.1. The molecule has 6 nitrogen and oxygen atoms in total. The molecule has 0 unspecified atom stereocenters. The summed E-state index contributed by atoms with van der Waals surface area (Å²) in [7, 11) is 1.33. The molecule has 144 valence electrons. The average molecular weight is 400 g/mol. The SMILES string of the molecule is COc1ccc(C(=O)COC(=O)c2cnc(SC)n2-c2ccccc2)cc1F. The summed E-state index contributed by atoms with van der Waals surface area (Å²) in [6.07, 6.45) is 3.25. The molecule has 8 heteroatoms. The summed E-state index contributed by atoms with van der Waals surface area (Å²) in [6.45, 7) is -0.515. The number of hydrogen-bond donors (Lipinski definition) is 0. The Bertz CT molecular complexity index is 1000. The number of methoxy groups -OCH3 is 1. The van der Waals surface area contributed by atoms with Crippen molar-refractivity contribution in [3.8, 4) is 11.4 Å². The normalized spacial score (nSPS) is 10.5. The van der Waals surface area contributed by atoms with E-state index in [1.54, 1.807) is 4.57 Å². The van der Waals surface area contributed by atoms with E-state index in [1.807, 2.05) is 36.6 Å². The first kappa shape index (κ1) is 19.6. The number of para-hydroxylation sites is 1. The van der Waals surface area contributed by atoms with Crippen molar-refractivity contribution in [2.24, 2.45) is 0 Å². The van der Waals surface area contributed by atoms with Crippen molar-refractivity contribution >= 4 is 23.5 Å². The zero-order valence-electron chi connectivity index (χ0n) is 15.2. The predicted octanol–water partition coefficient (Wildman–Crippen LogP) is 3.78. The maximum atomic E-state index is 13.8. The summed E-state index contributed by atoms with van der Waals surface area (Å²) in [4.78, 5) is 29.0. The van der Waals surface area contributed by atoms with Crippen LogP contribution in [0, 0.1) is 5.82 Å². The number of imidazole rings is 1. The maximum Gasteiger partial charge on any atom is 0.357 e. The van der Waals surface area contributed by atoms with Crippen LogP contribution in [-0.4, -0.2) is 41.3 Å². The molecule has 3 rings (SSSR count). The van der Waals surface area contributed by atoms with Gasteiger partial charge in [-0.15, -0.1) is 0 Å². The number of halogens is 1. The molecular weight excluding hydrogens is 383 g/mol. The predicted molar refractivity (Wildman–Crippen MR) is 103 cm³/mol. The van der Waals surface area contributed by atoms with Crippen LogP contribution in [-0.2, 0) is 4.74 Å². The molecular formula is C20H17FN2O4S. The Kier molecular flexibility index (Phi) is 6.10. The molecule has 0 fully saturated rings. The van der Waals surface area contributed by atoms with E-state index >= 15 is 0 Å². The number of esters is 1. The van der Waals surface area contributed by atoms with Gasteiger partial charge in [0, 0.05) is 11.3 Å². The highest BCUT2D eigenvalue weighted by Crippen LogP contribution is 2.22. The number of ether oxygens (including phenoxy) is 2. The molecule has 0 amide bonds. The van der Waals surface area contributed by atoms with Crippen molar-refractivity contribution in [3.05, 3.63) is 71.8 Å². The van der Waals surface area contributed by atoms with E-state index < -0.39 is 24.2 Å². The van der Waals surface area contributed by atoms with Gasteiger partial charge in [0.15, 0.2) is 34.8 Å². The largest absolute Gasteiger partial charge is 0.494 e. The molecule has 0 aliphatic rings. The van der Waals surface area contributed by atoms with Gasteiger partial charge in [-0.05, 0) is 36.6 Å². The molecule has 0 bridgehead atoms. The highest BCUT2D eigenvalue weighted by atomic mass is 32.2. The van der Waals surface area contributed by atoms with E-state index in [-0.39, 0.29) is 17.0 Å². The fourth-order valence-corrected chi connectivity index (χ4v) is 3.12. The zero-order valence-corrected chi connectivity index (χ0v) is 16.0. The van der Waals surface area contributed by atoms with Gasteiger partial charge in [0.1, 0.15) is 0 Å². The van der Waals surface area contributed by atoms with Crippen molar-refractivity contribution < 1.29 is 23.5 Å². The second-order valence-corrected chi connectivity index (χ2v) is 6.42. The van der Waals surface area contributed by atoms with Gasteiger partial charge in [0.05, 0.1) is 13.3 Å². The van der Waals surface area contributed by atoms with E-state index in [1.165, 1.54) is 37.2 Å². The lowest BCUT2D eigenvalue weighted by molar-refractivity contribution is 0.0466. The Hall–Kier alpha value is -3.13.